The van der Waals surface area contributed by atoms with Crippen molar-refractivity contribution in [3.8, 4) is 0 Å². The van der Waals surface area contributed by atoms with Crippen molar-refractivity contribution in [3.63, 3.8) is 0 Å². The second-order valence-corrected chi connectivity index (χ2v) is 9.78. The average Bonchev–Trinajstić information content (AvgIpc) is 2.66. The van der Waals surface area contributed by atoms with E-state index in [1.54, 1.807) is 0 Å². The van der Waals surface area contributed by atoms with E-state index in [1.807, 2.05) is 6.08 Å². The molecular weight excluding hydrogens is 384 g/mol. The van der Waals surface area contributed by atoms with Crippen LogP contribution in [0.2, 0.25) is 0 Å². The summed E-state index contributed by atoms with van der Waals surface area (Å²) < 4.78 is 35.5. The first-order chi connectivity index (χ1) is 14.5. The lowest BCUT2D eigenvalue weighted by Gasteiger charge is -2.44. The highest BCUT2D eigenvalue weighted by Crippen LogP contribution is 2.35. The summed E-state index contributed by atoms with van der Waals surface area (Å²) in [6.07, 6.45) is 5.65. The van der Waals surface area contributed by atoms with Gasteiger partial charge in [0.15, 0.2) is 0 Å². The molecule has 3 saturated heterocycles. The van der Waals surface area contributed by atoms with Crippen molar-refractivity contribution in [2.24, 2.45) is 16.2 Å². The largest absolute Gasteiger partial charge is 0.380 e. The Bertz CT molecular complexity index is 507. The number of ether oxygens (including phenoxy) is 6. The summed E-state index contributed by atoms with van der Waals surface area (Å²) in [5.41, 5.74) is 0.448. The molecule has 0 aliphatic carbocycles. The van der Waals surface area contributed by atoms with Crippen molar-refractivity contribution in [3.05, 3.63) is 12.7 Å². The van der Waals surface area contributed by atoms with E-state index in [-0.39, 0.29) is 28.5 Å². The second kappa shape index (κ2) is 10.9. The number of rotatable bonds is 16. The smallest absolute Gasteiger partial charge is 0.107 e. The van der Waals surface area contributed by atoms with Gasteiger partial charge < -0.3 is 28.4 Å². The van der Waals surface area contributed by atoms with Crippen molar-refractivity contribution in [2.75, 3.05) is 66.1 Å². The minimum atomic E-state index is -0.128. The van der Waals surface area contributed by atoms with Gasteiger partial charge in [-0.15, -0.1) is 6.58 Å². The molecule has 0 N–H and O–H groups in total. The normalized spacial score (nSPS) is 25.4. The lowest BCUT2D eigenvalue weighted by atomic mass is 9.84. The molecule has 30 heavy (non-hydrogen) atoms. The molecule has 6 nitrogen and oxygen atoms in total. The molecule has 0 bridgehead atoms. The van der Waals surface area contributed by atoms with Crippen LogP contribution in [0.1, 0.15) is 46.5 Å². The van der Waals surface area contributed by atoms with E-state index in [0.717, 1.165) is 65.3 Å². The molecule has 0 radical (unpaired) electrons. The molecule has 3 rings (SSSR count). The van der Waals surface area contributed by atoms with Crippen molar-refractivity contribution in [1.29, 1.82) is 0 Å². The predicted molar refractivity (Wildman–Crippen MR) is 116 cm³/mol. The minimum absolute atomic E-state index is 0.0726. The molecule has 0 amide bonds. The van der Waals surface area contributed by atoms with Gasteiger partial charge in [-0.2, -0.15) is 0 Å². The average molecular weight is 427 g/mol. The van der Waals surface area contributed by atoms with Gasteiger partial charge in [0.25, 0.3) is 0 Å². The molecule has 174 valence electrons. The zero-order chi connectivity index (χ0) is 21.5. The molecule has 3 fully saturated rings. The Labute approximate surface area is 182 Å². The molecule has 0 saturated carbocycles. The molecule has 0 aromatic rings. The molecule has 2 unspecified atom stereocenters. The third-order valence-electron chi connectivity index (χ3n) is 7.41. The number of hydrogen-bond acceptors (Lipinski definition) is 6. The highest BCUT2D eigenvalue weighted by Gasteiger charge is 2.41. The van der Waals surface area contributed by atoms with E-state index >= 15 is 0 Å². The Morgan fingerprint density at radius 2 is 1.17 bits per heavy atom. The first-order valence-electron chi connectivity index (χ1n) is 11.7. The highest BCUT2D eigenvalue weighted by atomic mass is 16.6. The van der Waals surface area contributed by atoms with Gasteiger partial charge in [-0.05, 0) is 25.7 Å². The van der Waals surface area contributed by atoms with Gasteiger partial charge in [0, 0.05) is 16.2 Å². The van der Waals surface area contributed by atoms with Crippen molar-refractivity contribution in [2.45, 2.75) is 58.7 Å². The molecule has 0 spiro atoms. The van der Waals surface area contributed by atoms with Crippen LogP contribution in [-0.2, 0) is 28.4 Å². The summed E-state index contributed by atoms with van der Waals surface area (Å²) >= 11 is 0. The van der Waals surface area contributed by atoms with Crippen LogP contribution in [0.5, 0.6) is 0 Å². The molecule has 0 aromatic carbocycles. The minimum Gasteiger partial charge on any atom is -0.380 e. The van der Waals surface area contributed by atoms with Crippen LogP contribution in [-0.4, -0.2) is 78.3 Å². The van der Waals surface area contributed by atoms with Gasteiger partial charge in [0.05, 0.1) is 72.2 Å². The van der Waals surface area contributed by atoms with Gasteiger partial charge in [-0.25, -0.2) is 0 Å². The highest BCUT2D eigenvalue weighted by molar-refractivity contribution is 4.89. The first-order valence-corrected chi connectivity index (χ1v) is 11.7. The summed E-state index contributed by atoms with van der Waals surface area (Å²) in [6.45, 7) is 17.9. The SMILES string of the molecule is C=CCC(OCC1(CC)COC1)C(COCC1(CC)COC1)OCC1(CC)COC1. The maximum Gasteiger partial charge on any atom is 0.107 e. The van der Waals surface area contributed by atoms with Crippen LogP contribution in [0.3, 0.4) is 0 Å². The molecule has 3 heterocycles. The summed E-state index contributed by atoms with van der Waals surface area (Å²) in [7, 11) is 0. The molecule has 6 heteroatoms. The molecule has 3 aliphatic rings. The van der Waals surface area contributed by atoms with Crippen LogP contribution >= 0.6 is 0 Å². The zero-order valence-electron chi connectivity index (χ0n) is 19.3. The molecular formula is C24H42O6. The monoisotopic (exact) mass is 426 g/mol. The fourth-order valence-electron chi connectivity index (χ4n) is 4.05. The Morgan fingerprint density at radius 3 is 1.53 bits per heavy atom. The maximum absolute atomic E-state index is 6.47. The van der Waals surface area contributed by atoms with Crippen LogP contribution in [0.25, 0.3) is 0 Å². The molecule has 0 aromatic heterocycles. The third kappa shape index (κ3) is 5.64. The molecule has 2 atom stereocenters. The Balaban J connectivity index is 1.58. The second-order valence-electron chi connectivity index (χ2n) is 9.78. The van der Waals surface area contributed by atoms with Gasteiger partial charge in [-0.3, -0.25) is 0 Å². The Hall–Kier alpha value is -0.500. The zero-order valence-corrected chi connectivity index (χ0v) is 19.3. The van der Waals surface area contributed by atoms with Gasteiger partial charge in [-0.1, -0.05) is 26.8 Å². The first kappa shape index (κ1) is 24.1. The summed E-state index contributed by atoms with van der Waals surface area (Å²) in [6, 6.07) is 0. The third-order valence-corrected chi connectivity index (χ3v) is 7.41. The fraction of sp³-hybridized carbons (Fsp3) is 0.917. The topological polar surface area (TPSA) is 55.4 Å². The Kier molecular flexibility index (Phi) is 8.76. The van der Waals surface area contributed by atoms with Crippen molar-refractivity contribution >= 4 is 0 Å². The van der Waals surface area contributed by atoms with E-state index in [1.165, 1.54) is 0 Å². The van der Waals surface area contributed by atoms with E-state index in [0.29, 0.717) is 26.4 Å². The van der Waals surface area contributed by atoms with Crippen molar-refractivity contribution in [1.82, 2.24) is 0 Å². The van der Waals surface area contributed by atoms with E-state index in [9.17, 15) is 0 Å². The van der Waals surface area contributed by atoms with Crippen LogP contribution in [0.4, 0.5) is 0 Å². The fourth-order valence-corrected chi connectivity index (χ4v) is 4.05. The standard InChI is InChI=1S/C24H42O6/c1-5-9-20(29-18-23(7-3)14-27-15-23)21(30-19-24(8-4)16-28-17-24)10-25-11-22(6-2)12-26-13-22/h5,20-21H,1,6-19H2,2-4H3. The summed E-state index contributed by atoms with van der Waals surface area (Å²) in [4.78, 5) is 0. The van der Waals surface area contributed by atoms with Crippen LogP contribution in [0.15, 0.2) is 12.7 Å². The summed E-state index contributed by atoms with van der Waals surface area (Å²) in [5.74, 6) is 0. The molecule has 3 aliphatic heterocycles. The lowest BCUT2D eigenvalue weighted by molar-refractivity contribution is -0.208. The predicted octanol–water partition coefficient (Wildman–Crippen LogP) is 3.63. The quantitative estimate of drug-likeness (QED) is 0.351. The number of hydrogen-bond donors (Lipinski definition) is 0. The van der Waals surface area contributed by atoms with Crippen molar-refractivity contribution < 1.29 is 28.4 Å². The van der Waals surface area contributed by atoms with Gasteiger partial charge in [0.1, 0.15) is 6.10 Å². The van der Waals surface area contributed by atoms with E-state index < -0.39 is 0 Å². The maximum atomic E-state index is 6.47. The van der Waals surface area contributed by atoms with E-state index in [2.05, 4.69) is 27.4 Å². The van der Waals surface area contributed by atoms with E-state index in [4.69, 9.17) is 28.4 Å². The van der Waals surface area contributed by atoms with Crippen LogP contribution < -0.4 is 0 Å². The summed E-state index contributed by atoms with van der Waals surface area (Å²) in [5, 5.41) is 0. The lowest BCUT2D eigenvalue weighted by Crippen LogP contribution is -2.50. The van der Waals surface area contributed by atoms with Gasteiger partial charge >= 0.3 is 0 Å². The van der Waals surface area contributed by atoms with Crippen LogP contribution in [0, 0.1) is 16.2 Å². The Morgan fingerprint density at radius 1 is 0.733 bits per heavy atom. The van der Waals surface area contributed by atoms with Gasteiger partial charge in [0.2, 0.25) is 0 Å².